The highest BCUT2D eigenvalue weighted by atomic mass is 35.5. The molecule has 2 aromatic heterocycles. The normalized spacial score (nSPS) is 11.0. The molecule has 0 aliphatic carbocycles. The Morgan fingerprint density at radius 2 is 1.88 bits per heavy atom. The Hall–Kier alpha value is -4.03. The van der Waals surface area contributed by atoms with E-state index in [1.807, 2.05) is 6.07 Å². The Labute approximate surface area is 188 Å². The molecule has 2 heterocycles. The first kappa shape index (κ1) is 23.6. The van der Waals surface area contributed by atoms with Gasteiger partial charge in [-0.2, -0.15) is 15.6 Å². The fourth-order valence-corrected chi connectivity index (χ4v) is 3.59. The summed E-state index contributed by atoms with van der Waals surface area (Å²) in [5, 5.41) is 21.6. The number of alkyl halides is 4. The molecule has 0 saturated carbocycles. The van der Waals surface area contributed by atoms with Gasteiger partial charge in [0.05, 0.1) is 18.7 Å². The first-order valence-corrected chi connectivity index (χ1v) is 9.37. The van der Waals surface area contributed by atoms with Crippen molar-refractivity contribution in [2.24, 2.45) is 0 Å². The van der Waals surface area contributed by atoms with Gasteiger partial charge in [0, 0.05) is 11.1 Å². The van der Waals surface area contributed by atoms with Crippen molar-refractivity contribution in [3.05, 3.63) is 61.7 Å². The number of nitrogens with two attached hydrogens (primary N) is 1. The molecular weight excluding hydrogens is 468 g/mol. The van der Waals surface area contributed by atoms with Gasteiger partial charge in [0.15, 0.2) is 0 Å². The van der Waals surface area contributed by atoms with E-state index in [1.54, 1.807) is 6.07 Å². The summed E-state index contributed by atoms with van der Waals surface area (Å²) in [5.74, 6) is -0.103. The fourth-order valence-electron chi connectivity index (χ4n) is 3.29. The summed E-state index contributed by atoms with van der Waals surface area (Å²) in [6.45, 7) is -0.467. The zero-order valence-corrected chi connectivity index (χ0v) is 17.4. The van der Waals surface area contributed by atoms with Crippen LogP contribution < -0.4 is 16.0 Å². The summed E-state index contributed by atoms with van der Waals surface area (Å²) in [4.78, 5) is 14.4. The van der Waals surface area contributed by atoms with Crippen LogP contribution >= 0.6 is 11.6 Å². The number of nitrogen functional groups attached to an aromatic ring is 1. The molecule has 33 heavy (non-hydrogen) atoms. The van der Waals surface area contributed by atoms with Crippen molar-refractivity contribution in [3.8, 4) is 29.0 Å². The van der Waals surface area contributed by atoms with E-state index in [4.69, 9.17) is 22.1 Å². The topological polar surface area (TPSA) is 134 Å². The second kappa shape index (κ2) is 9.22. The summed E-state index contributed by atoms with van der Waals surface area (Å²) in [6.07, 6.45) is -6.38. The van der Waals surface area contributed by atoms with Crippen molar-refractivity contribution in [1.82, 2.24) is 14.8 Å². The maximum Gasteiger partial charge on any atom is 0.283 e. The number of halogens is 5. The summed E-state index contributed by atoms with van der Waals surface area (Å²) >= 11 is 5.70. The highest BCUT2D eigenvalue weighted by molar-refractivity contribution is 6.32. The molecule has 3 rings (SSSR count). The van der Waals surface area contributed by atoms with Gasteiger partial charge in [-0.15, -0.1) is 0 Å². The van der Waals surface area contributed by atoms with Crippen LogP contribution in [-0.2, 0) is 6.54 Å². The molecule has 0 aliphatic rings. The van der Waals surface area contributed by atoms with Crippen molar-refractivity contribution in [1.29, 1.82) is 10.5 Å². The van der Waals surface area contributed by atoms with Crippen LogP contribution in [0.25, 0.3) is 11.1 Å². The Morgan fingerprint density at radius 3 is 2.42 bits per heavy atom. The van der Waals surface area contributed by atoms with E-state index in [0.717, 1.165) is 0 Å². The Balaban J connectivity index is 2.24. The lowest BCUT2D eigenvalue weighted by Crippen LogP contribution is -2.16. The zero-order chi connectivity index (χ0) is 24.4. The quantitative estimate of drug-likeness (QED) is 0.509. The van der Waals surface area contributed by atoms with E-state index in [9.17, 15) is 32.9 Å². The van der Waals surface area contributed by atoms with Crippen molar-refractivity contribution < 1.29 is 22.3 Å². The van der Waals surface area contributed by atoms with Crippen LogP contribution in [0.4, 0.5) is 23.4 Å². The molecule has 0 amide bonds. The molecule has 13 heteroatoms. The summed E-state index contributed by atoms with van der Waals surface area (Å²) in [6, 6.07) is 7.69. The third-order valence-corrected chi connectivity index (χ3v) is 5.11. The first-order chi connectivity index (χ1) is 15.6. The minimum atomic E-state index is -3.20. The number of nitriles is 2. The Bertz CT molecular complexity index is 1370. The highest BCUT2D eigenvalue weighted by Crippen LogP contribution is 2.37. The minimum Gasteiger partial charge on any atom is -0.496 e. The number of benzene rings is 1. The first-order valence-electron chi connectivity index (χ1n) is 9.00. The Kier molecular flexibility index (Phi) is 6.60. The van der Waals surface area contributed by atoms with Crippen molar-refractivity contribution in [2.75, 3.05) is 12.8 Å². The van der Waals surface area contributed by atoms with E-state index in [-0.39, 0.29) is 33.8 Å². The molecule has 170 valence electrons. The lowest BCUT2D eigenvalue weighted by molar-refractivity contribution is 0.139. The van der Waals surface area contributed by atoms with Gasteiger partial charge in [0.2, 0.25) is 0 Å². The van der Waals surface area contributed by atoms with Gasteiger partial charge < -0.3 is 15.5 Å². The van der Waals surface area contributed by atoms with Crippen LogP contribution in [0.1, 0.15) is 40.9 Å². The van der Waals surface area contributed by atoms with Crippen LogP contribution in [0.5, 0.6) is 5.75 Å². The third kappa shape index (κ3) is 4.21. The predicted octanol–water partition coefficient (Wildman–Crippen LogP) is 4.15. The standard InChI is InChI=1S/C20H13ClF4N6O2/c1-33-12-3-2-8(13-10(5-26)19(28)29-20(32)11(13)6-27)4-9(12)7-31-16(18(24)25)14(21)15(30-31)17(22)23/h2-4,17-18H,7H2,1H3,(H3,28,29,32). The lowest BCUT2D eigenvalue weighted by Gasteiger charge is -2.14. The molecule has 0 bridgehead atoms. The molecule has 0 aliphatic heterocycles. The number of anilines is 1. The fraction of sp³-hybridized carbons (Fsp3) is 0.200. The molecule has 0 atom stereocenters. The van der Waals surface area contributed by atoms with E-state index in [1.165, 1.54) is 25.3 Å². The molecule has 0 radical (unpaired) electrons. The Morgan fingerprint density at radius 1 is 1.21 bits per heavy atom. The van der Waals surface area contributed by atoms with Crippen molar-refractivity contribution in [3.63, 3.8) is 0 Å². The lowest BCUT2D eigenvalue weighted by atomic mass is 9.95. The van der Waals surface area contributed by atoms with Crippen LogP contribution in [0.2, 0.25) is 5.02 Å². The number of pyridine rings is 1. The monoisotopic (exact) mass is 480 g/mol. The summed E-state index contributed by atoms with van der Waals surface area (Å²) < 4.78 is 59.2. The van der Waals surface area contributed by atoms with Gasteiger partial charge in [-0.1, -0.05) is 17.7 Å². The number of nitrogens with zero attached hydrogens (tertiary/aromatic N) is 4. The number of ether oxygens (including phenoxy) is 1. The molecule has 3 aromatic rings. The second-order valence-corrected chi connectivity index (χ2v) is 6.96. The van der Waals surface area contributed by atoms with Gasteiger partial charge in [-0.3, -0.25) is 9.48 Å². The van der Waals surface area contributed by atoms with E-state index >= 15 is 0 Å². The zero-order valence-electron chi connectivity index (χ0n) is 16.7. The number of hydrogen-bond donors (Lipinski definition) is 2. The molecule has 8 nitrogen and oxygen atoms in total. The van der Waals surface area contributed by atoms with Gasteiger partial charge in [-0.05, 0) is 17.7 Å². The molecule has 3 N–H and O–H groups in total. The molecule has 0 spiro atoms. The van der Waals surface area contributed by atoms with Crippen molar-refractivity contribution in [2.45, 2.75) is 19.4 Å². The van der Waals surface area contributed by atoms with Crippen LogP contribution in [0.3, 0.4) is 0 Å². The number of nitrogens with one attached hydrogen (secondary N) is 1. The van der Waals surface area contributed by atoms with E-state index < -0.39 is 46.9 Å². The van der Waals surface area contributed by atoms with Crippen molar-refractivity contribution >= 4 is 17.4 Å². The summed E-state index contributed by atoms with van der Waals surface area (Å²) in [7, 11) is 1.29. The molecular formula is C20H13ClF4N6O2. The smallest absolute Gasteiger partial charge is 0.283 e. The van der Waals surface area contributed by atoms with Crippen LogP contribution in [-0.4, -0.2) is 21.9 Å². The number of aromatic amines is 1. The number of rotatable bonds is 6. The van der Waals surface area contributed by atoms with Crippen LogP contribution in [0, 0.1) is 22.7 Å². The predicted molar refractivity (Wildman–Crippen MR) is 109 cm³/mol. The maximum absolute atomic E-state index is 13.5. The molecule has 1 aromatic carbocycles. The minimum absolute atomic E-state index is 0.0778. The number of H-pyrrole nitrogens is 1. The number of aromatic nitrogens is 3. The van der Waals surface area contributed by atoms with Crippen LogP contribution in [0.15, 0.2) is 23.0 Å². The SMILES string of the molecule is COc1ccc(-c2c(C#N)c(N)[nH]c(=O)c2C#N)cc1Cn1nc(C(F)F)c(Cl)c1C(F)F. The third-order valence-electron chi connectivity index (χ3n) is 4.73. The van der Waals surface area contributed by atoms with Gasteiger partial charge in [0.25, 0.3) is 18.4 Å². The number of methoxy groups -OCH3 is 1. The van der Waals surface area contributed by atoms with Gasteiger partial charge >= 0.3 is 0 Å². The molecule has 0 unspecified atom stereocenters. The van der Waals surface area contributed by atoms with Gasteiger partial charge in [-0.25, -0.2) is 17.6 Å². The van der Waals surface area contributed by atoms with Gasteiger partial charge in [0.1, 0.15) is 46.2 Å². The van der Waals surface area contributed by atoms with E-state index in [0.29, 0.717) is 4.68 Å². The maximum atomic E-state index is 13.5. The average molecular weight is 481 g/mol. The molecule has 0 fully saturated rings. The number of hydrogen-bond acceptors (Lipinski definition) is 6. The largest absolute Gasteiger partial charge is 0.496 e. The van der Waals surface area contributed by atoms with E-state index in [2.05, 4.69) is 10.1 Å². The average Bonchev–Trinajstić information content (AvgIpc) is 3.09. The summed E-state index contributed by atoms with van der Waals surface area (Å²) in [5.41, 5.74) is 2.66. The highest BCUT2D eigenvalue weighted by Gasteiger charge is 2.28. The molecule has 0 saturated heterocycles. The second-order valence-electron chi connectivity index (χ2n) is 6.59.